The van der Waals surface area contributed by atoms with E-state index in [-0.39, 0.29) is 0 Å². The van der Waals surface area contributed by atoms with Gasteiger partial charge in [-0.2, -0.15) is 9.62 Å². The number of hydrogen-bond acceptors (Lipinski definition) is 4. The van der Waals surface area contributed by atoms with Gasteiger partial charge in [0.05, 0.1) is 33.0 Å². The largest absolute Gasteiger partial charge is 0.369 e. The van der Waals surface area contributed by atoms with E-state index in [1.165, 1.54) is 0 Å². The minimum absolute atomic E-state index is 0.533. The summed E-state index contributed by atoms with van der Waals surface area (Å²) in [5.41, 5.74) is 2.56. The van der Waals surface area contributed by atoms with Crippen LogP contribution in [0.15, 0.2) is 21.5 Å². The second kappa shape index (κ2) is 5.63. The van der Waals surface area contributed by atoms with Gasteiger partial charge in [0.15, 0.2) is 0 Å². The van der Waals surface area contributed by atoms with Crippen LogP contribution in [-0.2, 0) is 9.73 Å². The summed E-state index contributed by atoms with van der Waals surface area (Å²) in [6.45, 7) is 1.85. The first-order valence-corrected chi connectivity index (χ1v) is 8.27. The lowest BCUT2D eigenvalue weighted by Gasteiger charge is -2.18. The van der Waals surface area contributed by atoms with Gasteiger partial charge < -0.3 is 4.90 Å². The maximum absolute atomic E-state index is 12.2. The van der Waals surface area contributed by atoms with Crippen LogP contribution in [0.4, 0.5) is 11.4 Å². The van der Waals surface area contributed by atoms with Crippen molar-refractivity contribution in [2.45, 2.75) is 13.3 Å². The van der Waals surface area contributed by atoms with E-state index in [1.54, 1.807) is 23.4 Å². The molecule has 0 spiro atoms. The van der Waals surface area contributed by atoms with Crippen molar-refractivity contribution in [1.29, 1.82) is 5.26 Å². The van der Waals surface area contributed by atoms with Crippen LogP contribution in [0.2, 0.25) is 0 Å². The zero-order valence-corrected chi connectivity index (χ0v) is 12.8. The summed E-state index contributed by atoms with van der Waals surface area (Å²) in [7, 11) is 1.68. The summed E-state index contributed by atoms with van der Waals surface area (Å²) >= 11 is 0. The van der Waals surface area contributed by atoms with Crippen molar-refractivity contribution >= 4 is 27.4 Å². The smallest absolute Gasteiger partial charge is 0.102 e. The Balaban J connectivity index is 2.50. The Morgan fingerprint density at radius 1 is 1.40 bits per heavy atom. The fourth-order valence-corrected chi connectivity index (χ4v) is 3.36. The number of nitrogens with zero attached hydrogens (tertiary/aromatic N) is 4. The summed E-state index contributed by atoms with van der Waals surface area (Å²) in [6, 6.07) is 5.70. The molecule has 5 nitrogen and oxygen atoms in total. The minimum Gasteiger partial charge on any atom is -0.369 e. The Bertz CT molecular complexity index is 697. The van der Waals surface area contributed by atoms with Crippen molar-refractivity contribution in [1.82, 2.24) is 4.90 Å². The molecule has 1 aliphatic heterocycles. The normalized spacial score (nSPS) is 16.5. The highest BCUT2D eigenvalue weighted by Crippen LogP contribution is 2.30. The van der Waals surface area contributed by atoms with Crippen LogP contribution in [0, 0.1) is 18.3 Å². The number of hydrogen-bond donors (Lipinski definition) is 0. The van der Waals surface area contributed by atoms with Crippen LogP contribution < -0.4 is 0 Å². The van der Waals surface area contributed by atoms with Crippen LogP contribution in [0.5, 0.6) is 0 Å². The van der Waals surface area contributed by atoms with E-state index in [9.17, 15) is 9.47 Å². The number of aryl methyl sites for hydroxylation is 1. The van der Waals surface area contributed by atoms with Crippen molar-refractivity contribution in [2.75, 3.05) is 25.6 Å². The molecular weight excluding hydrogens is 272 g/mol. The van der Waals surface area contributed by atoms with Crippen molar-refractivity contribution in [3.63, 3.8) is 0 Å². The van der Waals surface area contributed by atoms with Gasteiger partial charge in [-0.25, -0.2) is 9.20 Å². The molecule has 0 unspecified atom stereocenters. The average molecular weight is 290 g/mol. The Morgan fingerprint density at radius 2 is 2.10 bits per heavy atom. The third-order valence-corrected chi connectivity index (χ3v) is 5.43. The van der Waals surface area contributed by atoms with E-state index < -0.39 is 9.73 Å². The summed E-state index contributed by atoms with van der Waals surface area (Å²) in [5, 5.41) is 9.22. The summed E-state index contributed by atoms with van der Waals surface area (Å²) in [5.74, 6) is 1.34. The molecule has 106 valence electrons. The molecule has 1 fully saturated rings. The summed E-state index contributed by atoms with van der Waals surface area (Å²) < 4.78 is 16.5. The quantitative estimate of drug-likeness (QED) is 0.634. The molecule has 0 aromatic heterocycles. The molecule has 0 aliphatic carbocycles. The predicted molar refractivity (Wildman–Crippen MR) is 82.3 cm³/mol. The molecule has 1 saturated heterocycles. The SMILES string of the molecule is Cc1cc(N=S2(=O)CCC2)cc(/N=C\N(C)C)c1C#N. The first-order valence-electron chi connectivity index (χ1n) is 6.41. The van der Waals surface area contributed by atoms with E-state index in [4.69, 9.17) is 0 Å². The molecule has 0 bridgehead atoms. The maximum atomic E-state index is 12.2. The molecule has 0 N–H and O–H groups in total. The fraction of sp³-hybridized carbons (Fsp3) is 0.429. The highest BCUT2D eigenvalue weighted by atomic mass is 32.2. The molecule has 1 aromatic rings. The first kappa shape index (κ1) is 14.5. The second-order valence-corrected chi connectivity index (χ2v) is 7.65. The van der Waals surface area contributed by atoms with Crippen molar-refractivity contribution in [3.8, 4) is 6.07 Å². The van der Waals surface area contributed by atoms with Gasteiger partial charge in [-0.15, -0.1) is 0 Å². The standard InChI is InChI=1S/C14H18N4OS/c1-11-7-12(17-20(19)5-4-6-20)8-14(13(11)9-15)16-10-18(2)3/h7-8,10H,4-6H2,1-3H3/b16-10-. The maximum Gasteiger partial charge on any atom is 0.102 e. The predicted octanol–water partition coefficient (Wildman–Crippen LogP) is 2.59. The molecule has 1 aliphatic rings. The highest BCUT2D eigenvalue weighted by Gasteiger charge is 2.19. The third-order valence-electron chi connectivity index (χ3n) is 3.04. The van der Waals surface area contributed by atoms with Gasteiger partial charge >= 0.3 is 0 Å². The summed E-state index contributed by atoms with van der Waals surface area (Å²) in [6.07, 6.45) is 2.62. The van der Waals surface area contributed by atoms with Crippen LogP contribution in [0.1, 0.15) is 17.5 Å². The molecule has 20 heavy (non-hydrogen) atoms. The van der Waals surface area contributed by atoms with Gasteiger partial charge in [-0.3, -0.25) is 0 Å². The van der Waals surface area contributed by atoms with Gasteiger partial charge in [0.1, 0.15) is 6.07 Å². The molecule has 0 atom stereocenters. The van der Waals surface area contributed by atoms with Gasteiger partial charge in [-0.05, 0) is 31.0 Å². The molecule has 1 heterocycles. The Hall–Kier alpha value is -1.87. The topological polar surface area (TPSA) is 68.8 Å². The second-order valence-electron chi connectivity index (χ2n) is 5.10. The fourth-order valence-electron chi connectivity index (χ4n) is 1.90. The van der Waals surface area contributed by atoms with Crippen LogP contribution >= 0.6 is 0 Å². The van der Waals surface area contributed by atoms with Gasteiger partial charge in [0.2, 0.25) is 0 Å². The van der Waals surface area contributed by atoms with E-state index in [1.807, 2.05) is 21.0 Å². The van der Waals surface area contributed by atoms with E-state index >= 15 is 0 Å². The van der Waals surface area contributed by atoms with Gasteiger partial charge in [0, 0.05) is 25.6 Å². The molecular formula is C14H18N4OS. The minimum atomic E-state index is -2.05. The first-order chi connectivity index (χ1) is 9.43. The lowest BCUT2D eigenvalue weighted by molar-refractivity contribution is 0.643. The van der Waals surface area contributed by atoms with E-state index in [0.29, 0.717) is 28.4 Å². The van der Waals surface area contributed by atoms with Crippen LogP contribution in [0.3, 0.4) is 0 Å². The molecule has 0 radical (unpaired) electrons. The lowest BCUT2D eigenvalue weighted by Crippen LogP contribution is -2.22. The molecule has 6 heteroatoms. The Kier molecular flexibility index (Phi) is 4.09. The van der Waals surface area contributed by atoms with Crippen LogP contribution in [0.25, 0.3) is 0 Å². The summed E-state index contributed by atoms with van der Waals surface area (Å²) in [4.78, 5) is 6.10. The zero-order chi connectivity index (χ0) is 14.8. The monoisotopic (exact) mass is 290 g/mol. The van der Waals surface area contributed by atoms with Crippen molar-refractivity contribution in [2.24, 2.45) is 9.36 Å². The third kappa shape index (κ3) is 3.17. The van der Waals surface area contributed by atoms with Crippen molar-refractivity contribution in [3.05, 3.63) is 23.3 Å². The highest BCUT2D eigenvalue weighted by molar-refractivity contribution is 7.95. The van der Waals surface area contributed by atoms with Crippen LogP contribution in [-0.4, -0.2) is 41.0 Å². The van der Waals surface area contributed by atoms with Crippen molar-refractivity contribution < 1.29 is 4.21 Å². The van der Waals surface area contributed by atoms with Gasteiger partial charge in [0.25, 0.3) is 0 Å². The number of benzene rings is 1. The van der Waals surface area contributed by atoms with Gasteiger partial charge in [-0.1, -0.05) is 0 Å². The molecule has 0 saturated carbocycles. The zero-order valence-electron chi connectivity index (χ0n) is 12.0. The molecule has 0 amide bonds. The molecule has 1 aromatic carbocycles. The van der Waals surface area contributed by atoms with E-state index in [0.717, 1.165) is 12.0 Å². The average Bonchev–Trinajstić information content (AvgIpc) is 2.34. The Labute approximate surface area is 120 Å². The number of rotatable bonds is 3. The number of nitriles is 1. The Morgan fingerprint density at radius 3 is 2.60 bits per heavy atom. The van der Waals surface area contributed by atoms with E-state index in [2.05, 4.69) is 15.4 Å². The lowest BCUT2D eigenvalue weighted by atomic mass is 10.1. The molecule has 2 rings (SSSR count). The number of aliphatic imine (C=N–C) groups is 1.